The molecule has 26 heavy (non-hydrogen) atoms. The van der Waals surface area contributed by atoms with Gasteiger partial charge in [-0.15, -0.1) is 0 Å². The number of fused-ring (bicyclic) bond motifs is 2. The molecular formula is C20H20N2O4. The van der Waals surface area contributed by atoms with Crippen LogP contribution in [-0.4, -0.2) is 33.4 Å². The Kier molecular flexibility index (Phi) is 4.11. The van der Waals surface area contributed by atoms with Gasteiger partial charge in [0.1, 0.15) is 5.56 Å². The van der Waals surface area contributed by atoms with Crippen molar-refractivity contribution in [2.24, 2.45) is 0 Å². The van der Waals surface area contributed by atoms with Gasteiger partial charge < -0.3 is 15.0 Å². The first-order valence-corrected chi connectivity index (χ1v) is 8.92. The van der Waals surface area contributed by atoms with Crippen molar-refractivity contribution in [3.8, 4) is 0 Å². The maximum absolute atomic E-state index is 12.9. The molecule has 1 amide bonds. The largest absolute Gasteiger partial charge is 0.478 e. The van der Waals surface area contributed by atoms with Crippen LogP contribution in [0.5, 0.6) is 0 Å². The zero-order valence-electron chi connectivity index (χ0n) is 14.4. The third kappa shape index (κ3) is 2.92. The van der Waals surface area contributed by atoms with Crippen LogP contribution in [0.4, 0.5) is 0 Å². The lowest BCUT2D eigenvalue weighted by Gasteiger charge is -2.29. The van der Waals surface area contributed by atoms with Crippen molar-refractivity contribution in [2.75, 3.05) is 6.54 Å². The van der Waals surface area contributed by atoms with Crippen molar-refractivity contribution in [3.63, 3.8) is 0 Å². The van der Waals surface area contributed by atoms with E-state index in [0.29, 0.717) is 19.5 Å². The topological polar surface area (TPSA) is 90.5 Å². The highest BCUT2D eigenvalue weighted by Gasteiger charge is 2.25. The number of hydrogen-bond donors (Lipinski definition) is 2. The molecule has 0 fully saturated rings. The molecule has 1 aromatic heterocycles. The zero-order chi connectivity index (χ0) is 18.3. The number of rotatable bonds is 2. The van der Waals surface area contributed by atoms with Crippen LogP contribution in [0.2, 0.25) is 0 Å². The van der Waals surface area contributed by atoms with Crippen LogP contribution in [0.15, 0.2) is 29.1 Å². The number of aryl methyl sites for hydroxylation is 2. The molecule has 1 aliphatic carbocycles. The van der Waals surface area contributed by atoms with Gasteiger partial charge >= 0.3 is 5.97 Å². The highest BCUT2D eigenvalue weighted by atomic mass is 16.4. The monoisotopic (exact) mass is 352 g/mol. The minimum absolute atomic E-state index is 0.184. The summed E-state index contributed by atoms with van der Waals surface area (Å²) in [5.74, 6) is -1.27. The van der Waals surface area contributed by atoms with E-state index in [4.69, 9.17) is 5.11 Å². The quantitative estimate of drug-likeness (QED) is 0.866. The van der Waals surface area contributed by atoms with Gasteiger partial charge in [-0.25, -0.2) is 4.79 Å². The lowest BCUT2D eigenvalue weighted by Crippen LogP contribution is -2.39. The summed E-state index contributed by atoms with van der Waals surface area (Å²) in [5.41, 5.74) is 3.96. The summed E-state index contributed by atoms with van der Waals surface area (Å²) < 4.78 is 0. The number of aromatic amines is 1. The Balaban J connectivity index is 1.63. The Morgan fingerprint density at radius 2 is 1.81 bits per heavy atom. The van der Waals surface area contributed by atoms with E-state index in [0.717, 1.165) is 48.1 Å². The maximum atomic E-state index is 12.9. The normalized spacial score (nSPS) is 15.9. The van der Waals surface area contributed by atoms with Crippen molar-refractivity contribution < 1.29 is 14.7 Å². The molecule has 0 radical (unpaired) electrons. The number of H-pyrrole nitrogens is 1. The summed E-state index contributed by atoms with van der Waals surface area (Å²) in [4.78, 5) is 41.0. The maximum Gasteiger partial charge on any atom is 0.335 e. The fourth-order valence-electron chi connectivity index (χ4n) is 3.87. The molecule has 0 saturated heterocycles. The number of aromatic nitrogens is 1. The van der Waals surface area contributed by atoms with Gasteiger partial charge in [0.15, 0.2) is 0 Å². The lowest BCUT2D eigenvalue weighted by atomic mass is 9.94. The number of carbonyl (C=O) groups excluding carboxylic acids is 1. The minimum Gasteiger partial charge on any atom is -0.478 e. The van der Waals surface area contributed by atoms with E-state index >= 15 is 0 Å². The summed E-state index contributed by atoms with van der Waals surface area (Å²) in [6, 6.07) is 6.77. The Morgan fingerprint density at radius 1 is 1.00 bits per heavy atom. The SMILES string of the molecule is O=C(O)c1ccc2c(c1)CN(C(=O)c1cc3c([nH]c1=O)CCCC3)CC2. The van der Waals surface area contributed by atoms with Gasteiger partial charge in [0.2, 0.25) is 0 Å². The number of carbonyl (C=O) groups is 2. The van der Waals surface area contributed by atoms with Crippen LogP contribution in [0.3, 0.4) is 0 Å². The number of nitrogens with zero attached hydrogens (tertiary/aromatic N) is 1. The van der Waals surface area contributed by atoms with Crippen LogP contribution in [-0.2, 0) is 25.8 Å². The second-order valence-corrected chi connectivity index (χ2v) is 6.99. The molecule has 4 rings (SSSR count). The molecule has 134 valence electrons. The van der Waals surface area contributed by atoms with Crippen molar-refractivity contribution in [3.05, 3.63) is 68.1 Å². The number of hydrogen-bond acceptors (Lipinski definition) is 3. The molecule has 2 N–H and O–H groups in total. The van der Waals surface area contributed by atoms with Crippen molar-refractivity contribution in [2.45, 2.75) is 38.6 Å². The molecule has 1 aliphatic heterocycles. The molecule has 0 unspecified atom stereocenters. The van der Waals surface area contributed by atoms with E-state index in [9.17, 15) is 14.4 Å². The van der Waals surface area contributed by atoms with Gasteiger partial charge in [-0.1, -0.05) is 6.07 Å². The molecule has 0 saturated carbocycles. The zero-order valence-corrected chi connectivity index (χ0v) is 14.4. The van der Waals surface area contributed by atoms with Crippen LogP contribution in [0, 0.1) is 0 Å². The molecular weight excluding hydrogens is 332 g/mol. The van der Waals surface area contributed by atoms with Crippen LogP contribution >= 0.6 is 0 Å². The molecule has 2 aliphatic rings. The molecule has 2 heterocycles. The average Bonchev–Trinajstić information content (AvgIpc) is 2.66. The van der Waals surface area contributed by atoms with E-state index < -0.39 is 5.97 Å². The summed E-state index contributed by atoms with van der Waals surface area (Å²) >= 11 is 0. The predicted octanol–water partition coefficient (Wildman–Crippen LogP) is 2.15. The number of nitrogens with one attached hydrogen (secondary N) is 1. The molecule has 0 bridgehead atoms. The van der Waals surface area contributed by atoms with Gasteiger partial charge in [0.05, 0.1) is 5.56 Å². The number of amides is 1. The van der Waals surface area contributed by atoms with Gasteiger partial charge in [-0.3, -0.25) is 9.59 Å². The third-order valence-electron chi connectivity index (χ3n) is 5.32. The van der Waals surface area contributed by atoms with Gasteiger partial charge in [0, 0.05) is 18.8 Å². The standard InChI is InChI=1S/C20H20N2O4/c23-18-16(10-13-3-1-2-4-17(13)21-18)19(24)22-8-7-12-5-6-14(20(25)26)9-15(12)11-22/h5-6,9-10H,1-4,7-8,11H2,(H,21,23)(H,25,26). The summed E-state index contributed by atoms with van der Waals surface area (Å²) in [6.07, 6.45) is 4.53. The van der Waals surface area contributed by atoms with Gasteiger partial charge in [0.25, 0.3) is 11.5 Å². The minimum atomic E-state index is -0.984. The second kappa shape index (κ2) is 6.44. The molecule has 6 nitrogen and oxygen atoms in total. The Hall–Kier alpha value is -2.89. The first-order chi connectivity index (χ1) is 12.5. The van der Waals surface area contributed by atoms with E-state index in [2.05, 4.69) is 4.98 Å². The highest BCUT2D eigenvalue weighted by Crippen LogP contribution is 2.23. The van der Waals surface area contributed by atoms with Crippen molar-refractivity contribution in [1.29, 1.82) is 0 Å². The first-order valence-electron chi connectivity index (χ1n) is 8.92. The molecule has 0 spiro atoms. The van der Waals surface area contributed by atoms with E-state index in [1.165, 1.54) is 0 Å². The Bertz CT molecular complexity index is 961. The fraction of sp³-hybridized carbons (Fsp3) is 0.350. The van der Waals surface area contributed by atoms with Crippen molar-refractivity contribution in [1.82, 2.24) is 9.88 Å². The van der Waals surface area contributed by atoms with Gasteiger partial charge in [-0.05, 0) is 67.0 Å². The molecule has 1 aromatic carbocycles. The number of pyridine rings is 1. The van der Waals surface area contributed by atoms with Crippen LogP contribution in [0.1, 0.15) is 55.9 Å². The first kappa shape index (κ1) is 16.6. The fourth-order valence-corrected chi connectivity index (χ4v) is 3.87. The van der Waals surface area contributed by atoms with Crippen molar-refractivity contribution >= 4 is 11.9 Å². The summed E-state index contributed by atoms with van der Waals surface area (Å²) in [5, 5.41) is 9.16. The highest BCUT2D eigenvalue weighted by molar-refractivity contribution is 5.94. The third-order valence-corrected chi connectivity index (χ3v) is 5.32. The summed E-state index contributed by atoms with van der Waals surface area (Å²) in [7, 11) is 0. The number of aromatic carboxylic acids is 1. The number of carboxylic acids is 1. The lowest BCUT2D eigenvalue weighted by molar-refractivity contribution is 0.0696. The smallest absolute Gasteiger partial charge is 0.335 e. The van der Waals surface area contributed by atoms with Crippen LogP contribution < -0.4 is 5.56 Å². The van der Waals surface area contributed by atoms with E-state index in [-0.39, 0.29) is 22.6 Å². The molecule has 0 atom stereocenters. The van der Waals surface area contributed by atoms with E-state index in [1.807, 2.05) is 6.07 Å². The molecule has 2 aromatic rings. The van der Waals surface area contributed by atoms with Crippen LogP contribution in [0.25, 0.3) is 0 Å². The second-order valence-electron chi connectivity index (χ2n) is 6.99. The summed E-state index contributed by atoms with van der Waals surface area (Å²) in [6.45, 7) is 0.848. The van der Waals surface area contributed by atoms with E-state index in [1.54, 1.807) is 23.1 Å². The Labute approximate surface area is 150 Å². The average molecular weight is 352 g/mol. The number of benzene rings is 1. The molecule has 6 heteroatoms. The number of carboxylic acid groups (broad SMARTS) is 1. The predicted molar refractivity (Wildman–Crippen MR) is 95.6 cm³/mol. The Morgan fingerprint density at radius 3 is 2.62 bits per heavy atom. The van der Waals surface area contributed by atoms with Gasteiger partial charge in [-0.2, -0.15) is 0 Å².